The average molecular weight is 337 g/mol. The van der Waals surface area contributed by atoms with Crippen LogP contribution in [0.3, 0.4) is 0 Å². The fourth-order valence-corrected chi connectivity index (χ4v) is 2.04. The molecule has 0 atom stereocenters. The number of nitro groups is 1. The van der Waals surface area contributed by atoms with Gasteiger partial charge in [0.05, 0.1) is 22.9 Å². The minimum atomic E-state index is -0.519. The highest BCUT2D eigenvalue weighted by Crippen LogP contribution is 2.30. The van der Waals surface area contributed by atoms with Crippen LogP contribution in [0.1, 0.15) is 16.2 Å². The Hall–Kier alpha value is -3.88. The van der Waals surface area contributed by atoms with Crippen LogP contribution in [0.15, 0.2) is 64.5 Å². The van der Waals surface area contributed by atoms with Gasteiger partial charge in [-0.15, -0.1) is 0 Å². The molecule has 3 rings (SSSR count). The van der Waals surface area contributed by atoms with E-state index < -0.39 is 10.8 Å². The third-order valence-electron chi connectivity index (χ3n) is 3.15. The van der Waals surface area contributed by atoms with Crippen molar-refractivity contribution < 1.29 is 14.1 Å². The Morgan fingerprint density at radius 1 is 1.24 bits per heavy atom. The second-order valence-electron chi connectivity index (χ2n) is 4.77. The van der Waals surface area contributed by atoms with Crippen LogP contribution in [0.2, 0.25) is 0 Å². The van der Waals surface area contributed by atoms with Gasteiger partial charge in [-0.3, -0.25) is 19.9 Å². The van der Waals surface area contributed by atoms with Crippen molar-refractivity contribution in [3.63, 3.8) is 0 Å². The number of hydrogen-bond acceptors (Lipinski definition) is 7. The molecule has 25 heavy (non-hydrogen) atoms. The molecule has 0 unspecified atom stereocenters. The molecule has 0 aliphatic rings. The van der Waals surface area contributed by atoms with Gasteiger partial charge in [0.2, 0.25) is 0 Å². The summed E-state index contributed by atoms with van der Waals surface area (Å²) in [7, 11) is 0. The van der Waals surface area contributed by atoms with E-state index in [2.05, 4.69) is 20.5 Å². The molecular weight excluding hydrogens is 326 g/mol. The Bertz CT molecular complexity index is 936. The minimum Gasteiger partial charge on any atom is -0.455 e. The summed E-state index contributed by atoms with van der Waals surface area (Å²) >= 11 is 0. The third kappa shape index (κ3) is 3.72. The van der Waals surface area contributed by atoms with Crippen molar-refractivity contribution in [2.75, 3.05) is 0 Å². The molecule has 1 aromatic carbocycles. The van der Waals surface area contributed by atoms with E-state index >= 15 is 0 Å². The maximum Gasteiger partial charge on any atom is 0.291 e. The summed E-state index contributed by atoms with van der Waals surface area (Å²) in [6.07, 6.45) is 5.44. The number of hydrogen-bond donors (Lipinski definition) is 1. The number of rotatable bonds is 5. The Kier molecular flexibility index (Phi) is 4.56. The summed E-state index contributed by atoms with van der Waals surface area (Å²) in [4.78, 5) is 30.0. The number of para-hydroxylation sites is 1. The lowest BCUT2D eigenvalue weighted by Gasteiger charge is -1.98. The van der Waals surface area contributed by atoms with Crippen molar-refractivity contribution >= 4 is 17.8 Å². The minimum absolute atomic E-state index is 0.0590. The smallest absolute Gasteiger partial charge is 0.291 e. The number of hydrazone groups is 1. The zero-order valence-electron chi connectivity index (χ0n) is 12.7. The highest BCUT2D eigenvalue weighted by atomic mass is 16.6. The lowest BCUT2D eigenvalue weighted by atomic mass is 10.1. The number of amides is 1. The second kappa shape index (κ2) is 7.13. The molecule has 9 nitrogen and oxygen atoms in total. The second-order valence-corrected chi connectivity index (χ2v) is 4.77. The summed E-state index contributed by atoms with van der Waals surface area (Å²) < 4.78 is 5.52. The number of nitrogens with one attached hydrogen (secondary N) is 1. The normalized spacial score (nSPS) is 10.7. The van der Waals surface area contributed by atoms with Gasteiger partial charge in [-0.2, -0.15) is 5.10 Å². The van der Waals surface area contributed by atoms with Crippen molar-refractivity contribution in [1.29, 1.82) is 0 Å². The van der Waals surface area contributed by atoms with E-state index in [1.807, 2.05) is 0 Å². The molecular formula is C16H11N5O4. The molecule has 124 valence electrons. The predicted octanol–water partition coefficient (Wildman–Crippen LogP) is 2.41. The predicted molar refractivity (Wildman–Crippen MR) is 87.9 cm³/mol. The van der Waals surface area contributed by atoms with Crippen molar-refractivity contribution in [3.8, 4) is 11.3 Å². The maximum absolute atomic E-state index is 11.7. The van der Waals surface area contributed by atoms with Crippen LogP contribution in [-0.4, -0.2) is 27.0 Å². The van der Waals surface area contributed by atoms with Crippen molar-refractivity contribution in [1.82, 2.24) is 15.4 Å². The zero-order chi connectivity index (χ0) is 17.6. The highest BCUT2D eigenvalue weighted by Gasteiger charge is 2.16. The Labute approximate surface area is 141 Å². The van der Waals surface area contributed by atoms with Gasteiger partial charge >= 0.3 is 0 Å². The SMILES string of the molecule is O=C(N/N=C/c1ccc(-c2ccccc2[N+](=O)[O-])o1)c1cnccn1. The Morgan fingerprint density at radius 3 is 2.84 bits per heavy atom. The van der Waals surface area contributed by atoms with Crippen LogP contribution < -0.4 is 5.43 Å². The molecule has 9 heteroatoms. The topological polar surface area (TPSA) is 124 Å². The molecule has 1 N–H and O–H groups in total. The van der Waals surface area contributed by atoms with Crippen LogP contribution in [0, 0.1) is 10.1 Å². The summed E-state index contributed by atoms with van der Waals surface area (Å²) in [6, 6.07) is 9.42. The molecule has 0 saturated carbocycles. The first-order chi connectivity index (χ1) is 12.1. The summed E-state index contributed by atoms with van der Waals surface area (Å²) in [5, 5.41) is 14.8. The first-order valence-corrected chi connectivity index (χ1v) is 7.08. The molecule has 0 bridgehead atoms. The average Bonchev–Trinajstić information content (AvgIpc) is 3.11. The van der Waals surface area contributed by atoms with Gasteiger partial charge in [0.1, 0.15) is 17.2 Å². The first-order valence-electron chi connectivity index (χ1n) is 7.08. The summed E-state index contributed by atoms with van der Waals surface area (Å²) in [5.74, 6) is 0.136. The van der Waals surface area contributed by atoms with E-state index in [0.29, 0.717) is 17.1 Å². The standard InChI is InChI=1S/C16H11N5O4/c22-16(13-10-17-7-8-18-13)20-19-9-11-5-6-15(25-11)12-3-1-2-4-14(12)21(23)24/h1-10H,(H,20,22)/b19-9+. The Morgan fingerprint density at radius 2 is 2.08 bits per heavy atom. The lowest BCUT2D eigenvalue weighted by molar-refractivity contribution is -0.384. The van der Waals surface area contributed by atoms with Gasteiger partial charge < -0.3 is 4.42 Å². The molecule has 0 saturated heterocycles. The number of furan rings is 1. The summed E-state index contributed by atoms with van der Waals surface area (Å²) in [5.41, 5.74) is 2.71. The van der Waals surface area contributed by atoms with Crippen LogP contribution in [0.5, 0.6) is 0 Å². The van der Waals surface area contributed by atoms with E-state index in [-0.39, 0.29) is 11.4 Å². The van der Waals surface area contributed by atoms with Gasteiger partial charge in [0.25, 0.3) is 11.6 Å². The van der Waals surface area contributed by atoms with Crippen LogP contribution in [-0.2, 0) is 0 Å². The lowest BCUT2D eigenvalue weighted by Crippen LogP contribution is -2.18. The number of carbonyl (C=O) groups excluding carboxylic acids is 1. The van der Waals surface area contributed by atoms with Gasteiger partial charge in [0.15, 0.2) is 0 Å². The number of aromatic nitrogens is 2. The van der Waals surface area contributed by atoms with Crippen molar-refractivity contribution in [3.05, 3.63) is 76.6 Å². The number of carbonyl (C=O) groups is 1. The van der Waals surface area contributed by atoms with Gasteiger partial charge in [-0.25, -0.2) is 10.4 Å². The first kappa shape index (κ1) is 16.0. The number of benzene rings is 1. The third-order valence-corrected chi connectivity index (χ3v) is 3.15. The molecule has 0 fully saturated rings. The highest BCUT2D eigenvalue weighted by molar-refractivity contribution is 5.92. The van der Waals surface area contributed by atoms with E-state index in [1.165, 1.54) is 30.9 Å². The van der Waals surface area contributed by atoms with Crippen LogP contribution in [0.4, 0.5) is 5.69 Å². The largest absolute Gasteiger partial charge is 0.455 e. The van der Waals surface area contributed by atoms with Crippen LogP contribution >= 0.6 is 0 Å². The van der Waals surface area contributed by atoms with E-state index in [0.717, 1.165) is 0 Å². The summed E-state index contributed by atoms with van der Waals surface area (Å²) in [6.45, 7) is 0. The van der Waals surface area contributed by atoms with E-state index in [9.17, 15) is 14.9 Å². The fraction of sp³-hybridized carbons (Fsp3) is 0. The quantitative estimate of drug-likeness (QED) is 0.433. The molecule has 2 aromatic heterocycles. The van der Waals surface area contributed by atoms with Gasteiger partial charge in [-0.1, -0.05) is 12.1 Å². The number of nitro benzene ring substituents is 1. The van der Waals surface area contributed by atoms with Crippen molar-refractivity contribution in [2.45, 2.75) is 0 Å². The van der Waals surface area contributed by atoms with Gasteiger partial charge in [-0.05, 0) is 18.2 Å². The zero-order valence-corrected chi connectivity index (χ0v) is 12.7. The fourth-order valence-electron chi connectivity index (χ4n) is 2.04. The molecule has 0 aliphatic carbocycles. The molecule has 0 spiro atoms. The van der Waals surface area contributed by atoms with E-state index in [1.54, 1.807) is 30.3 Å². The number of nitrogens with zero attached hydrogens (tertiary/aromatic N) is 4. The van der Waals surface area contributed by atoms with Gasteiger partial charge in [0, 0.05) is 18.5 Å². The molecule has 0 aliphatic heterocycles. The molecule has 0 radical (unpaired) electrons. The monoisotopic (exact) mass is 337 g/mol. The molecule has 3 aromatic rings. The van der Waals surface area contributed by atoms with Crippen molar-refractivity contribution in [2.24, 2.45) is 5.10 Å². The Balaban J connectivity index is 1.72. The van der Waals surface area contributed by atoms with E-state index in [4.69, 9.17) is 4.42 Å². The molecule has 1 amide bonds. The molecule has 2 heterocycles. The van der Waals surface area contributed by atoms with Crippen LogP contribution in [0.25, 0.3) is 11.3 Å². The maximum atomic E-state index is 11.7.